The predicted molar refractivity (Wildman–Crippen MR) is 86.0 cm³/mol. The molecule has 0 N–H and O–H groups in total. The van der Waals surface area contributed by atoms with Crippen molar-refractivity contribution in [3.8, 4) is 0 Å². The molecule has 1 aromatic carbocycles. The Morgan fingerprint density at radius 2 is 1.67 bits per heavy atom. The highest BCUT2D eigenvalue weighted by atomic mass is 79.9. The number of hydrogen-bond acceptors (Lipinski definition) is 1. The van der Waals surface area contributed by atoms with Crippen LogP contribution in [0.2, 0.25) is 5.02 Å². The Balaban J connectivity index is 3.07. The van der Waals surface area contributed by atoms with E-state index in [1.807, 2.05) is 12.1 Å². The van der Waals surface area contributed by atoms with E-state index in [4.69, 9.17) is 11.6 Å². The third kappa shape index (κ3) is 4.47. The van der Waals surface area contributed by atoms with Crippen molar-refractivity contribution in [2.75, 3.05) is 18.0 Å². The van der Waals surface area contributed by atoms with Crippen molar-refractivity contribution < 1.29 is 0 Å². The highest BCUT2D eigenvalue weighted by Crippen LogP contribution is 2.30. The molecule has 0 amide bonds. The van der Waals surface area contributed by atoms with Gasteiger partial charge in [-0.3, -0.25) is 0 Å². The van der Waals surface area contributed by atoms with Crippen molar-refractivity contribution in [3.05, 3.63) is 28.8 Å². The number of benzene rings is 1. The molecule has 0 aliphatic rings. The largest absolute Gasteiger partial charge is 0.371 e. The van der Waals surface area contributed by atoms with Gasteiger partial charge in [-0.2, -0.15) is 0 Å². The van der Waals surface area contributed by atoms with Gasteiger partial charge in [-0.25, -0.2) is 0 Å². The number of halogens is 2. The summed E-state index contributed by atoms with van der Waals surface area (Å²) < 4.78 is 0. The molecule has 1 aromatic rings. The summed E-state index contributed by atoms with van der Waals surface area (Å²) in [4.78, 5) is 2.46. The van der Waals surface area contributed by atoms with E-state index in [9.17, 15) is 0 Å². The summed E-state index contributed by atoms with van der Waals surface area (Å²) >= 11 is 9.84. The SMILES string of the molecule is CC(C)CN(CC(C)C)c1cccc(Cl)c1CBr. The lowest BCUT2D eigenvalue weighted by molar-refractivity contribution is 0.552. The lowest BCUT2D eigenvalue weighted by atomic mass is 10.1. The normalized spacial score (nSPS) is 11.3. The van der Waals surface area contributed by atoms with Crippen LogP contribution in [-0.4, -0.2) is 13.1 Å². The number of nitrogens with zero attached hydrogens (tertiary/aromatic N) is 1. The van der Waals surface area contributed by atoms with E-state index in [1.54, 1.807) is 0 Å². The van der Waals surface area contributed by atoms with Gasteiger partial charge < -0.3 is 4.90 Å². The van der Waals surface area contributed by atoms with Gasteiger partial charge >= 0.3 is 0 Å². The maximum absolute atomic E-state index is 6.29. The summed E-state index contributed by atoms with van der Waals surface area (Å²) in [6, 6.07) is 6.18. The van der Waals surface area contributed by atoms with Gasteiger partial charge in [0.25, 0.3) is 0 Å². The maximum atomic E-state index is 6.29. The van der Waals surface area contributed by atoms with Gasteiger partial charge in [0.15, 0.2) is 0 Å². The van der Waals surface area contributed by atoms with Crippen molar-refractivity contribution in [2.45, 2.75) is 33.0 Å². The van der Waals surface area contributed by atoms with Crippen LogP contribution in [0, 0.1) is 11.8 Å². The van der Waals surface area contributed by atoms with E-state index in [0.717, 1.165) is 23.4 Å². The number of rotatable bonds is 6. The van der Waals surface area contributed by atoms with Crippen molar-refractivity contribution >= 4 is 33.2 Å². The second-order valence-corrected chi connectivity index (χ2v) is 6.53. The van der Waals surface area contributed by atoms with Crippen LogP contribution < -0.4 is 4.90 Å². The lowest BCUT2D eigenvalue weighted by Gasteiger charge is -2.30. The molecule has 0 fully saturated rings. The van der Waals surface area contributed by atoms with Gasteiger partial charge in [0, 0.05) is 34.7 Å². The maximum Gasteiger partial charge on any atom is 0.0467 e. The smallest absolute Gasteiger partial charge is 0.0467 e. The third-order valence-electron chi connectivity index (χ3n) is 2.74. The van der Waals surface area contributed by atoms with Crippen LogP contribution in [0.1, 0.15) is 33.3 Å². The van der Waals surface area contributed by atoms with Crippen LogP contribution in [0.3, 0.4) is 0 Å². The van der Waals surface area contributed by atoms with Crippen molar-refractivity contribution in [3.63, 3.8) is 0 Å². The average Bonchev–Trinajstić information content (AvgIpc) is 2.26. The minimum atomic E-state index is 0.644. The summed E-state index contributed by atoms with van der Waals surface area (Å²) in [6.45, 7) is 11.2. The van der Waals surface area contributed by atoms with Gasteiger partial charge in [0.2, 0.25) is 0 Å². The molecule has 0 aliphatic heterocycles. The average molecular weight is 333 g/mol. The fraction of sp³-hybridized carbons (Fsp3) is 0.600. The molecule has 0 atom stereocenters. The monoisotopic (exact) mass is 331 g/mol. The molecule has 0 saturated heterocycles. The van der Waals surface area contributed by atoms with Crippen LogP contribution in [0.4, 0.5) is 5.69 Å². The Bertz CT molecular complexity index is 367. The highest BCUT2D eigenvalue weighted by molar-refractivity contribution is 9.08. The lowest BCUT2D eigenvalue weighted by Crippen LogP contribution is -2.32. The first-order valence-electron chi connectivity index (χ1n) is 6.54. The van der Waals surface area contributed by atoms with Gasteiger partial charge in [0.1, 0.15) is 0 Å². The Kier molecular flexibility index (Phi) is 6.51. The molecule has 0 aliphatic carbocycles. The summed E-state index contributed by atoms with van der Waals surface area (Å²) in [5.74, 6) is 1.29. The zero-order valence-electron chi connectivity index (χ0n) is 11.7. The quantitative estimate of drug-likeness (QED) is 0.634. The first-order chi connectivity index (χ1) is 8.45. The highest BCUT2D eigenvalue weighted by Gasteiger charge is 2.15. The molecule has 102 valence electrons. The molecule has 0 bridgehead atoms. The van der Waals surface area contributed by atoms with Crippen LogP contribution in [0.5, 0.6) is 0 Å². The molecule has 0 unspecified atom stereocenters. The molecule has 1 nitrogen and oxygen atoms in total. The van der Waals surface area contributed by atoms with E-state index < -0.39 is 0 Å². The van der Waals surface area contributed by atoms with E-state index in [-0.39, 0.29) is 0 Å². The van der Waals surface area contributed by atoms with Crippen LogP contribution in [-0.2, 0) is 5.33 Å². The first-order valence-corrected chi connectivity index (χ1v) is 8.04. The van der Waals surface area contributed by atoms with Crippen molar-refractivity contribution in [1.29, 1.82) is 0 Å². The second kappa shape index (κ2) is 7.40. The van der Waals surface area contributed by atoms with Crippen molar-refractivity contribution in [1.82, 2.24) is 0 Å². The third-order valence-corrected chi connectivity index (χ3v) is 3.65. The summed E-state index contributed by atoms with van der Waals surface area (Å²) in [7, 11) is 0. The van der Waals surface area contributed by atoms with E-state index in [1.165, 1.54) is 11.3 Å². The Morgan fingerprint density at radius 3 is 2.11 bits per heavy atom. The van der Waals surface area contributed by atoms with Crippen molar-refractivity contribution in [2.24, 2.45) is 11.8 Å². The van der Waals surface area contributed by atoms with Gasteiger partial charge in [-0.1, -0.05) is 61.3 Å². The molecule has 0 spiro atoms. The molecule has 18 heavy (non-hydrogen) atoms. The molecule has 3 heteroatoms. The fourth-order valence-corrected chi connectivity index (χ4v) is 3.12. The molecule has 0 aromatic heterocycles. The first kappa shape index (κ1) is 15.8. The Labute approximate surface area is 125 Å². The van der Waals surface area contributed by atoms with Crippen LogP contribution in [0.25, 0.3) is 0 Å². The molecule has 0 radical (unpaired) electrons. The molecular formula is C15H23BrClN. The summed E-state index contributed by atoms with van der Waals surface area (Å²) in [5.41, 5.74) is 2.46. The number of hydrogen-bond donors (Lipinski definition) is 0. The zero-order valence-corrected chi connectivity index (χ0v) is 14.1. The molecule has 1 rings (SSSR count). The topological polar surface area (TPSA) is 3.24 Å². The van der Waals surface area contributed by atoms with E-state index in [2.05, 4.69) is 54.6 Å². The molecule has 0 saturated carbocycles. The Hall–Kier alpha value is -0.210. The van der Waals surface area contributed by atoms with Gasteiger partial charge in [0.05, 0.1) is 0 Å². The van der Waals surface area contributed by atoms with E-state index >= 15 is 0 Å². The fourth-order valence-electron chi connectivity index (χ4n) is 2.13. The van der Waals surface area contributed by atoms with Crippen LogP contribution >= 0.6 is 27.5 Å². The van der Waals surface area contributed by atoms with Crippen LogP contribution in [0.15, 0.2) is 18.2 Å². The second-order valence-electron chi connectivity index (χ2n) is 5.56. The zero-order chi connectivity index (χ0) is 13.7. The minimum absolute atomic E-state index is 0.644. The Morgan fingerprint density at radius 1 is 1.11 bits per heavy atom. The molecule has 0 heterocycles. The summed E-state index contributed by atoms with van der Waals surface area (Å²) in [6.07, 6.45) is 0. The van der Waals surface area contributed by atoms with E-state index in [0.29, 0.717) is 11.8 Å². The predicted octanol–water partition coefficient (Wildman–Crippen LogP) is 5.35. The standard InChI is InChI=1S/C15H23BrClN/c1-11(2)9-18(10-12(3)4)15-7-5-6-14(17)13(15)8-16/h5-7,11-12H,8-10H2,1-4H3. The number of anilines is 1. The summed E-state index contributed by atoms with van der Waals surface area (Å²) in [5, 5.41) is 1.65. The van der Waals surface area contributed by atoms with Gasteiger partial charge in [-0.05, 0) is 24.0 Å². The minimum Gasteiger partial charge on any atom is -0.371 e. The number of alkyl halides is 1. The van der Waals surface area contributed by atoms with Gasteiger partial charge in [-0.15, -0.1) is 0 Å². The molecular weight excluding hydrogens is 310 g/mol.